The molecule has 0 saturated carbocycles. The van der Waals surface area contributed by atoms with Crippen LogP contribution >= 0.6 is 11.8 Å². The average molecular weight is 282 g/mol. The maximum Gasteiger partial charge on any atom is 0.150 e. The third-order valence-corrected chi connectivity index (χ3v) is 4.67. The van der Waals surface area contributed by atoms with Gasteiger partial charge < -0.3 is 4.90 Å². The molecule has 5 heteroatoms. The van der Waals surface area contributed by atoms with Gasteiger partial charge in [-0.25, -0.2) is 8.78 Å². The summed E-state index contributed by atoms with van der Waals surface area (Å²) in [4.78, 5) is 1.74. The van der Waals surface area contributed by atoms with Crippen LogP contribution in [0.2, 0.25) is 0 Å². The van der Waals surface area contributed by atoms with Gasteiger partial charge in [0.1, 0.15) is 5.69 Å². The van der Waals surface area contributed by atoms with Gasteiger partial charge in [0.15, 0.2) is 11.6 Å². The van der Waals surface area contributed by atoms with Gasteiger partial charge >= 0.3 is 0 Å². The Kier molecular flexibility index (Phi) is 4.00. The number of hydrogen-bond acceptors (Lipinski definition) is 3. The minimum atomic E-state index is -0.652. The van der Waals surface area contributed by atoms with Crippen molar-refractivity contribution in [2.24, 2.45) is 0 Å². The van der Waals surface area contributed by atoms with Crippen LogP contribution in [0.15, 0.2) is 12.1 Å². The van der Waals surface area contributed by atoms with E-state index in [1.54, 1.807) is 11.0 Å². The second kappa shape index (κ2) is 5.38. The van der Waals surface area contributed by atoms with E-state index in [9.17, 15) is 8.78 Å². The minimum Gasteiger partial charge on any atom is -0.366 e. The van der Waals surface area contributed by atoms with Crippen molar-refractivity contribution in [1.82, 2.24) is 0 Å². The van der Waals surface area contributed by atoms with Crippen LogP contribution in [0.5, 0.6) is 0 Å². The maximum absolute atomic E-state index is 14.0. The lowest BCUT2D eigenvalue weighted by atomic mass is 10.1. The number of nitrogens with zero attached hydrogens (tertiary/aromatic N) is 2. The Morgan fingerprint density at radius 2 is 1.89 bits per heavy atom. The second-order valence-electron chi connectivity index (χ2n) is 5.25. The highest BCUT2D eigenvalue weighted by Crippen LogP contribution is 2.34. The Balaban J connectivity index is 2.30. The molecule has 0 bridgehead atoms. The number of anilines is 1. The van der Waals surface area contributed by atoms with Gasteiger partial charge in [0, 0.05) is 23.6 Å². The van der Waals surface area contributed by atoms with Crippen LogP contribution < -0.4 is 4.90 Å². The first kappa shape index (κ1) is 14.1. The lowest BCUT2D eigenvalue weighted by Crippen LogP contribution is -2.28. The molecule has 2 rings (SSSR count). The molecule has 0 unspecified atom stereocenters. The monoisotopic (exact) mass is 282 g/mol. The molecule has 0 amide bonds. The molecule has 0 aromatic heterocycles. The van der Waals surface area contributed by atoms with E-state index in [0.29, 0.717) is 13.1 Å². The average Bonchev–Trinajstić information content (AvgIpc) is 2.50. The molecule has 0 spiro atoms. The number of benzene rings is 1. The Hall–Kier alpha value is -1.28. The van der Waals surface area contributed by atoms with Crippen LogP contribution in [0.25, 0.3) is 0 Å². The number of rotatable bonds is 1. The molecule has 1 aliphatic rings. The number of nitriles is 1. The number of thioether (sulfide) groups is 1. The largest absolute Gasteiger partial charge is 0.366 e. The SMILES string of the molecule is CC1(C)CCN(c2c(F)cc(C#N)cc2F)CCS1. The van der Waals surface area contributed by atoms with Crippen LogP contribution in [0.3, 0.4) is 0 Å². The van der Waals surface area contributed by atoms with Crippen molar-refractivity contribution in [2.45, 2.75) is 25.0 Å². The molecular weight excluding hydrogens is 266 g/mol. The minimum absolute atomic E-state index is 0.00250. The summed E-state index contributed by atoms with van der Waals surface area (Å²) >= 11 is 1.82. The second-order valence-corrected chi connectivity index (χ2v) is 7.05. The molecule has 0 atom stereocenters. The summed E-state index contributed by atoms with van der Waals surface area (Å²) in [5.74, 6) is -0.464. The van der Waals surface area contributed by atoms with Gasteiger partial charge in [-0.1, -0.05) is 13.8 Å². The van der Waals surface area contributed by atoms with Crippen LogP contribution in [0.4, 0.5) is 14.5 Å². The van der Waals surface area contributed by atoms with Gasteiger partial charge in [0.25, 0.3) is 0 Å². The van der Waals surface area contributed by atoms with Crippen LogP contribution in [-0.4, -0.2) is 23.6 Å². The van der Waals surface area contributed by atoms with E-state index >= 15 is 0 Å². The van der Waals surface area contributed by atoms with E-state index in [1.807, 2.05) is 11.8 Å². The molecule has 102 valence electrons. The predicted molar refractivity (Wildman–Crippen MR) is 74.4 cm³/mol. The van der Waals surface area contributed by atoms with Gasteiger partial charge in [-0.3, -0.25) is 0 Å². The van der Waals surface area contributed by atoms with Crippen molar-refractivity contribution in [2.75, 3.05) is 23.7 Å². The van der Waals surface area contributed by atoms with Gasteiger partial charge in [-0.05, 0) is 18.6 Å². The lowest BCUT2D eigenvalue weighted by Gasteiger charge is -2.25. The smallest absolute Gasteiger partial charge is 0.150 e. The van der Waals surface area contributed by atoms with Crippen molar-refractivity contribution in [3.63, 3.8) is 0 Å². The molecule has 2 nitrogen and oxygen atoms in total. The van der Waals surface area contributed by atoms with E-state index in [0.717, 1.165) is 24.3 Å². The molecule has 1 aromatic rings. The zero-order valence-electron chi connectivity index (χ0n) is 11.0. The standard InChI is InChI=1S/C14H16F2N2S/c1-14(2)3-4-18(5-6-19-14)13-11(15)7-10(9-17)8-12(13)16/h7-8H,3-6H2,1-2H3. The van der Waals surface area contributed by atoms with Gasteiger partial charge in [0.05, 0.1) is 11.6 Å². The maximum atomic E-state index is 14.0. The van der Waals surface area contributed by atoms with E-state index in [1.165, 1.54) is 0 Å². The predicted octanol–water partition coefficient (Wildman–Crippen LogP) is 3.56. The summed E-state index contributed by atoms with van der Waals surface area (Å²) in [7, 11) is 0. The van der Waals surface area contributed by atoms with Crippen molar-refractivity contribution in [3.05, 3.63) is 29.3 Å². The quantitative estimate of drug-likeness (QED) is 0.788. The topological polar surface area (TPSA) is 27.0 Å². The summed E-state index contributed by atoms with van der Waals surface area (Å²) in [6, 6.07) is 3.96. The molecule has 1 saturated heterocycles. The summed E-state index contributed by atoms with van der Waals surface area (Å²) in [6.45, 7) is 5.53. The molecule has 0 N–H and O–H groups in total. The fourth-order valence-electron chi connectivity index (χ4n) is 2.18. The van der Waals surface area contributed by atoms with Gasteiger partial charge in [-0.15, -0.1) is 0 Å². The van der Waals surface area contributed by atoms with Crippen LogP contribution in [0.1, 0.15) is 25.8 Å². The molecule has 19 heavy (non-hydrogen) atoms. The summed E-state index contributed by atoms with van der Waals surface area (Å²) in [5, 5.41) is 8.70. The van der Waals surface area contributed by atoms with E-state index in [4.69, 9.17) is 5.26 Å². The molecule has 1 aromatic carbocycles. The zero-order chi connectivity index (χ0) is 14.0. The molecular formula is C14H16F2N2S. The molecule has 0 radical (unpaired) electrons. The first-order valence-corrected chi connectivity index (χ1v) is 7.19. The number of halogens is 2. The van der Waals surface area contributed by atoms with Gasteiger partial charge in [-0.2, -0.15) is 17.0 Å². The third-order valence-electron chi connectivity index (χ3n) is 3.30. The summed E-state index contributed by atoms with van der Waals surface area (Å²) in [6.07, 6.45) is 0.872. The highest BCUT2D eigenvalue weighted by atomic mass is 32.2. The van der Waals surface area contributed by atoms with Crippen molar-refractivity contribution >= 4 is 17.4 Å². The summed E-state index contributed by atoms with van der Waals surface area (Å²) < 4.78 is 28.1. The fraction of sp³-hybridized carbons (Fsp3) is 0.500. The Morgan fingerprint density at radius 3 is 2.47 bits per heavy atom. The van der Waals surface area contributed by atoms with Crippen molar-refractivity contribution < 1.29 is 8.78 Å². The van der Waals surface area contributed by atoms with Gasteiger partial charge in [0.2, 0.25) is 0 Å². The molecule has 1 aliphatic heterocycles. The van der Waals surface area contributed by atoms with Crippen LogP contribution in [0, 0.1) is 23.0 Å². The first-order valence-electron chi connectivity index (χ1n) is 6.21. The Morgan fingerprint density at radius 1 is 1.26 bits per heavy atom. The normalized spacial score (nSPS) is 18.8. The van der Waals surface area contributed by atoms with Crippen molar-refractivity contribution in [1.29, 1.82) is 5.26 Å². The molecule has 1 heterocycles. The first-order chi connectivity index (χ1) is 8.93. The lowest BCUT2D eigenvalue weighted by molar-refractivity contribution is 0.562. The number of hydrogen-bond donors (Lipinski definition) is 0. The Labute approximate surface area is 116 Å². The molecule has 0 aliphatic carbocycles. The molecule has 1 fully saturated rings. The fourth-order valence-corrected chi connectivity index (χ4v) is 3.28. The van der Waals surface area contributed by atoms with E-state index in [2.05, 4.69) is 13.8 Å². The summed E-state index contributed by atoms with van der Waals surface area (Å²) in [5.41, 5.74) is 0.0144. The zero-order valence-corrected chi connectivity index (χ0v) is 11.9. The van der Waals surface area contributed by atoms with E-state index in [-0.39, 0.29) is 16.0 Å². The van der Waals surface area contributed by atoms with Crippen molar-refractivity contribution in [3.8, 4) is 6.07 Å². The highest BCUT2D eigenvalue weighted by molar-refractivity contribution is 8.00. The highest BCUT2D eigenvalue weighted by Gasteiger charge is 2.26. The third kappa shape index (κ3) is 3.19. The van der Waals surface area contributed by atoms with Crippen LogP contribution in [-0.2, 0) is 0 Å². The Bertz CT molecular complexity index is 500. The van der Waals surface area contributed by atoms with E-state index < -0.39 is 11.6 Å².